The number of benzene rings is 1. The van der Waals surface area contributed by atoms with Gasteiger partial charge >= 0.3 is 0 Å². The first kappa shape index (κ1) is 14.2. The number of rotatable bonds is 2. The lowest BCUT2D eigenvalue weighted by molar-refractivity contribution is 0.0792. The summed E-state index contributed by atoms with van der Waals surface area (Å²) in [6.07, 6.45) is 3.75. The van der Waals surface area contributed by atoms with Crippen molar-refractivity contribution < 1.29 is 4.79 Å². The van der Waals surface area contributed by atoms with Crippen molar-refractivity contribution in [3.05, 3.63) is 42.1 Å². The van der Waals surface area contributed by atoms with E-state index in [1.807, 2.05) is 35.2 Å². The van der Waals surface area contributed by atoms with E-state index < -0.39 is 0 Å². The zero-order chi connectivity index (χ0) is 16.8. The van der Waals surface area contributed by atoms with E-state index in [-0.39, 0.29) is 5.91 Å². The van der Waals surface area contributed by atoms with E-state index in [1.165, 1.54) is 0 Å². The second-order valence-electron chi connectivity index (χ2n) is 6.29. The van der Waals surface area contributed by atoms with Gasteiger partial charge in [-0.25, -0.2) is 9.97 Å². The number of likely N-dealkylation sites (tertiary alicyclic amines) is 1. The summed E-state index contributed by atoms with van der Waals surface area (Å²) in [5.41, 5.74) is 3.74. The Bertz CT molecular complexity index is 1060. The highest BCUT2D eigenvalue weighted by molar-refractivity contribution is 6.00. The molecule has 7 heteroatoms. The number of imidazole rings is 1. The van der Waals surface area contributed by atoms with Gasteiger partial charge in [0.15, 0.2) is 11.5 Å². The molecule has 1 fully saturated rings. The number of para-hydroxylation sites is 2. The van der Waals surface area contributed by atoms with Gasteiger partial charge in [0.2, 0.25) is 0 Å². The number of nitrogens with one attached hydrogen (secondary N) is 2. The van der Waals surface area contributed by atoms with Gasteiger partial charge in [-0.2, -0.15) is 5.10 Å². The van der Waals surface area contributed by atoms with Gasteiger partial charge in [-0.15, -0.1) is 0 Å². The zero-order valence-electron chi connectivity index (χ0n) is 13.5. The van der Waals surface area contributed by atoms with Crippen molar-refractivity contribution >= 4 is 28.0 Å². The lowest BCUT2D eigenvalue weighted by Gasteiger charge is -2.14. The smallest absolute Gasteiger partial charge is 0.255 e. The highest BCUT2D eigenvalue weighted by atomic mass is 16.2. The Kier molecular flexibility index (Phi) is 3.06. The minimum Gasteiger partial charge on any atom is -0.339 e. The number of carbonyl (C=O) groups is 1. The summed E-state index contributed by atoms with van der Waals surface area (Å²) in [5.74, 6) is 0.698. The van der Waals surface area contributed by atoms with Crippen molar-refractivity contribution in [1.29, 1.82) is 0 Å². The van der Waals surface area contributed by atoms with E-state index in [9.17, 15) is 4.79 Å². The van der Waals surface area contributed by atoms with Crippen LogP contribution in [0.3, 0.4) is 0 Å². The van der Waals surface area contributed by atoms with Crippen LogP contribution in [0.15, 0.2) is 36.5 Å². The van der Waals surface area contributed by atoms with Crippen LogP contribution in [0.2, 0.25) is 0 Å². The predicted octanol–water partition coefficient (Wildman–Crippen LogP) is 2.74. The molecule has 0 aliphatic carbocycles. The molecule has 25 heavy (non-hydrogen) atoms. The maximum absolute atomic E-state index is 12.6. The Morgan fingerprint density at radius 1 is 1.16 bits per heavy atom. The number of hydrogen-bond acceptors (Lipinski definition) is 4. The Hall–Kier alpha value is -3.22. The number of carbonyl (C=O) groups excluding carboxylic acids is 1. The molecule has 0 saturated carbocycles. The van der Waals surface area contributed by atoms with E-state index >= 15 is 0 Å². The number of hydrogen-bond donors (Lipinski definition) is 2. The molecular formula is C18H16N6O. The number of H-pyrrole nitrogens is 2. The van der Waals surface area contributed by atoms with Crippen molar-refractivity contribution in [3.63, 3.8) is 0 Å². The molecule has 0 bridgehead atoms. The molecule has 1 aliphatic heterocycles. The number of aromatic amines is 2. The number of nitrogens with zero attached hydrogens (tertiary/aromatic N) is 4. The molecule has 1 aromatic carbocycles. The highest BCUT2D eigenvalue weighted by Gasteiger charge is 2.21. The van der Waals surface area contributed by atoms with E-state index in [0.29, 0.717) is 22.7 Å². The van der Waals surface area contributed by atoms with Gasteiger partial charge in [0.05, 0.1) is 22.0 Å². The minimum atomic E-state index is 0.0312. The Morgan fingerprint density at radius 2 is 2.00 bits per heavy atom. The average Bonchev–Trinajstić information content (AvgIpc) is 3.38. The highest BCUT2D eigenvalue weighted by Crippen LogP contribution is 2.26. The fraction of sp³-hybridized carbons (Fsp3) is 0.222. The molecule has 4 aromatic rings. The van der Waals surface area contributed by atoms with Gasteiger partial charge in [-0.05, 0) is 31.0 Å². The molecule has 1 amide bonds. The van der Waals surface area contributed by atoms with Crippen LogP contribution in [0.25, 0.3) is 33.6 Å². The van der Waals surface area contributed by atoms with Gasteiger partial charge < -0.3 is 9.88 Å². The van der Waals surface area contributed by atoms with Gasteiger partial charge in [0.25, 0.3) is 5.91 Å². The molecule has 4 heterocycles. The van der Waals surface area contributed by atoms with Crippen LogP contribution in [0.1, 0.15) is 23.2 Å². The van der Waals surface area contributed by atoms with Crippen LogP contribution < -0.4 is 0 Å². The average molecular weight is 332 g/mol. The maximum Gasteiger partial charge on any atom is 0.255 e. The Balaban J connectivity index is 1.61. The van der Waals surface area contributed by atoms with Crippen molar-refractivity contribution in [2.45, 2.75) is 12.8 Å². The molecule has 124 valence electrons. The SMILES string of the molecule is O=C(c1cnc2[nH]nc(-c3nc4ccccc4[nH]3)c2c1)N1CCCC1. The molecule has 2 N–H and O–H groups in total. The first-order valence-electron chi connectivity index (χ1n) is 8.38. The molecule has 3 aromatic heterocycles. The Morgan fingerprint density at radius 3 is 2.84 bits per heavy atom. The topological polar surface area (TPSA) is 90.6 Å². The second kappa shape index (κ2) is 5.41. The zero-order valence-corrected chi connectivity index (χ0v) is 13.5. The first-order valence-corrected chi connectivity index (χ1v) is 8.38. The van der Waals surface area contributed by atoms with E-state index in [1.54, 1.807) is 6.20 Å². The molecule has 0 atom stereocenters. The molecule has 1 aliphatic rings. The largest absolute Gasteiger partial charge is 0.339 e. The van der Waals surface area contributed by atoms with Crippen LogP contribution in [-0.4, -0.2) is 49.0 Å². The van der Waals surface area contributed by atoms with Crippen LogP contribution in [-0.2, 0) is 0 Å². The molecular weight excluding hydrogens is 316 g/mol. The van der Waals surface area contributed by atoms with Crippen LogP contribution >= 0.6 is 0 Å². The number of aromatic nitrogens is 5. The minimum absolute atomic E-state index is 0.0312. The summed E-state index contributed by atoms with van der Waals surface area (Å²) in [7, 11) is 0. The molecule has 0 unspecified atom stereocenters. The summed E-state index contributed by atoms with van der Waals surface area (Å²) in [6, 6.07) is 9.69. The summed E-state index contributed by atoms with van der Waals surface area (Å²) in [6.45, 7) is 1.64. The lowest BCUT2D eigenvalue weighted by Crippen LogP contribution is -2.27. The summed E-state index contributed by atoms with van der Waals surface area (Å²) < 4.78 is 0. The van der Waals surface area contributed by atoms with E-state index in [4.69, 9.17) is 0 Å². The van der Waals surface area contributed by atoms with Gasteiger partial charge in [-0.1, -0.05) is 12.1 Å². The van der Waals surface area contributed by atoms with E-state index in [2.05, 4.69) is 25.1 Å². The molecule has 5 rings (SSSR count). The van der Waals surface area contributed by atoms with Gasteiger partial charge in [-0.3, -0.25) is 9.89 Å². The second-order valence-corrected chi connectivity index (χ2v) is 6.29. The van der Waals surface area contributed by atoms with Crippen molar-refractivity contribution in [1.82, 2.24) is 30.0 Å². The van der Waals surface area contributed by atoms with Crippen LogP contribution in [0.4, 0.5) is 0 Å². The molecule has 7 nitrogen and oxygen atoms in total. The third kappa shape index (κ3) is 2.27. The number of amides is 1. The quantitative estimate of drug-likeness (QED) is 0.590. The maximum atomic E-state index is 12.6. The fourth-order valence-corrected chi connectivity index (χ4v) is 3.37. The number of pyridine rings is 1. The van der Waals surface area contributed by atoms with Crippen molar-refractivity contribution in [2.24, 2.45) is 0 Å². The van der Waals surface area contributed by atoms with Crippen LogP contribution in [0, 0.1) is 0 Å². The standard InChI is InChI=1S/C18H16N6O/c25-18(24-7-3-4-8-24)11-9-12-15(22-23-16(12)19-10-11)17-20-13-5-1-2-6-14(13)21-17/h1-2,5-6,9-10H,3-4,7-8H2,(H,20,21)(H,19,22,23). The fourth-order valence-electron chi connectivity index (χ4n) is 3.37. The summed E-state index contributed by atoms with van der Waals surface area (Å²) in [5, 5.41) is 8.07. The lowest BCUT2D eigenvalue weighted by atomic mass is 10.2. The third-order valence-corrected chi connectivity index (χ3v) is 4.67. The Labute approximate surface area is 143 Å². The molecule has 0 radical (unpaired) electrons. The third-order valence-electron chi connectivity index (χ3n) is 4.67. The predicted molar refractivity (Wildman–Crippen MR) is 94.1 cm³/mol. The first-order chi connectivity index (χ1) is 12.3. The van der Waals surface area contributed by atoms with Gasteiger partial charge in [0.1, 0.15) is 5.69 Å². The van der Waals surface area contributed by atoms with E-state index in [0.717, 1.165) is 42.4 Å². The summed E-state index contributed by atoms with van der Waals surface area (Å²) in [4.78, 5) is 26.8. The van der Waals surface area contributed by atoms with Gasteiger partial charge in [0, 0.05) is 19.3 Å². The molecule has 1 saturated heterocycles. The summed E-state index contributed by atoms with van der Waals surface area (Å²) >= 11 is 0. The molecule has 0 spiro atoms. The normalized spacial score (nSPS) is 14.6. The van der Waals surface area contributed by atoms with Crippen molar-refractivity contribution in [3.8, 4) is 11.5 Å². The monoisotopic (exact) mass is 332 g/mol. The van der Waals surface area contributed by atoms with Crippen LogP contribution in [0.5, 0.6) is 0 Å². The number of fused-ring (bicyclic) bond motifs is 2. The van der Waals surface area contributed by atoms with Crippen molar-refractivity contribution in [2.75, 3.05) is 13.1 Å².